The summed E-state index contributed by atoms with van der Waals surface area (Å²) >= 11 is 0. The second-order valence-corrected chi connectivity index (χ2v) is 10.0. The fourth-order valence-electron chi connectivity index (χ4n) is 4.53. The van der Waals surface area contributed by atoms with Gasteiger partial charge < -0.3 is 24.8 Å². The number of nitrogens with one attached hydrogen (secondary N) is 2. The maximum absolute atomic E-state index is 13.3. The Bertz CT molecular complexity index is 1510. The van der Waals surface area contributed by atoms with Crippen molar-refractivity contribution in [3.05, 3.63) is 130 Å². The van der Waals surface area contributed by atoms with Crippen molar-refractivity contribution in [3.8, 4) is 5.75 Å². The van der Waals surface area contributed by atoms with Crippen LogP contribution in [0.4, 0.5) is 10.5 Å². The highest BCUT2D eigenvalue weighted by molar-refractivity contribution is 5.97. The highest BCUT2D eigenvalue weighted by Crippen LogP contribution is 2.36. The van der Waals surface area contributed by atoms with E-state index in [1.54, 1.807) is 6.07 Å². The lowest BCUT2D eigenvalue weighted by Crippen LogP contribution is -2.25. The number of amides is 2. The summed E-state index contributed by atoms with van der Waals surface area (Å²) in [7, 11) is 0. The molecule has 0 heterocycles. The van der Waals surface area contributed by atoms with Crippen LogP contribution in [0.1, 0.15) is 51.5 Å². The Labute approximate surface area is 252 Å². The van der Waals surface area contributed by atoms with Gasteiger partial charge >= 0.3 is 12.1 Å². The van der Waals surface area contributed by atoms with Gasteiger partial charge in [0.2, 0.25) is 5.91 Å². The van der Waals surface area contributed by atoms with E-state index in [2.05, 4.69) is 10.6 Å². The summed E-state index contributed by atoms with van der Waals surface area (Å²) in [4.78, 5) is 37.8. The minimum absolute atomic E-state index is 0.122. The number of hydrogen-bond acceptors (Lipinski definition) is 6. The van der Waals surface area contributed by atoms with E-state index in [1.807, 2.05) is 97.9 Å². The first-order valence-corrected chi connectivity index (χ1v) is 14.2. The van der Waals surface area contributed by atoms with Gasteiger partial charge in [-0.15, -0.1) is 0 Å². The van der Waals surface area contributed by atoms with E-state index in [4.69, 9.17) is 14.2 Å². The third-order valence-corrected chi connectivity index (χ3v) is 6.74. The molecule has 0 atom stereocenters. The number of carbonyl (C=O) groups excluding carboxylic acids is 3. The third-order valence-electron chi connectivity index (χ3n) is 6.74. The number of esters is 1. The van der Waals surface area contributed by atoms with Gasteiger partial charge in [-0.1, -0.05) is 91.0 Å². The van der Waals surface area contributed by atoms with Crippen LogP contribution in [0, 0.1) is 6.92 Å². The Kier molecular flexibility index (Phi) is 11.3. The van der Waals surface area contributed by atoms with Crippen molar-refractivity contribution < 1.29 is 28.6 Å². The molecule has 0 bridgehead atoms. The third kappa shape index (κ3) is 9.46. The standard InChI is InChI=1S/C35H36N2O6/c1-25-30(19-12-20-36-35(40)43-24-29-17-10-5-11-18-29)33(37-26(2)38)32(41-22-27-13-6-3-7-14-27)21-31(25)34(39)42-23-28-15-8-4-9-16-28/h3-11,13-18,21H,12,19-20,22-24H2,1-2H3,(H,36,40)(H,37,38). The average molecular weight is 581 g/mol. The van der Waals surface area contributed by atoms with Gasteiger partial charge in [0.1, 0.15) is 25.6 Å². The lowest BCUT2D eigenvalue weighted by Gasteiger charge is -2.21. The van der Waals surface area contributed by atoms with Gasteiger partial charge in [-0.3, -0.25) is 4.79 Å². The second-order valence-electron chi connectivity index (χ2n) is 10.0. The molecule has 0 aliphatic carbocycles. The van der Waals surface area contributed by atoms with E-state index >= 15 is 0 Å². The zero-order valence-corrected chi connectivity index (χ0v) is 24.4. The van der Waals surface area contributed by atoms with Crippen molar-refractivity contribution in [2.24, 2.45) is 0 Å². The van der Waals surface area contributed by atoms with E-state index in [1.165, 1.54) is 6.92 Å². The van der Waals surface area contributed by atoms with Crippen molar-refractivity contribution in [1.29, 1.82) is 0 Å². The van der Waals surface area contributed by atoms with Crippen LogP contribution in [0.3, 0.4) is 0 Å². The van der Waals surface area contributed by atoms with Crippen molar-refractivity contribution in [1.82, 2.24) is 5.32 Å². The first-order valence-electron chi connectivity index (χ1n) is 14.2. The predicted molar refractivity (Wildman–Crippen MR) is 165 cm³/mol. The van der Waals surface area contributed by atoms with Crippen LogP contribution in [0.15, 0.2) is 97.1 Å². The molecule has 8 nitrogen and oxygen atoms in total. The molecular formula is C35H36N2O6. The molecule has 4 aromatic carbocycles. The first kappa shape index (κ1) is 30.8. The number of carbonyl (C=O) groups is 3. The monoisotopic (exact) mass is 580 g/mol. The Morgan fingerprint density at radius 2 is 1.26 bits per heavy atom. The van der Waals surface area contributed by atoms with Crippen molar-refractivity contribution >= 4 is 23.7 Å². The van der Waals surface area contributed by atoms with Gasteiger partial charge in [-0.05, 0) is 53.6 Å². The summed E-state index contributed by atoms with van der Waals surface area (Å²) in [5, 5.41) is 5.67. The van der Waals surface area contributed by atoms with E-state index in [9.17, 15) is 14.4 Å². The molecule has 0 saturated heterocycles. The molecule has 0 aliphatic rings. The average Bonchev–Trinajstić information content (AvgIpc) is 3.03. The van der Waals surface area contributed by atoms with Crippen LogP contribution in [-0.4, -0.2) is 24.5 Å². The molecule has 4 aromatic rings. The van der Waals surface area contributed by atoms with E-state index in [0.29, 0.717) is 42.0 Å². The van der Waals surface area contributed by atoms with Crippen LogP contribution < -0.4 is 15.4 Å². The van der Waals surface area contributed by atoms with E-state index in [0.717, 1.165) is 22.3 Å². The Balaban J connectivity index is 1.52. The molecule has 2 N–H and O–H groups in total. The van der Waals surface area contributed by atoms with E-state index < -0.39 is 12.1 Å². The molecule has 43 heavy (non-hydrogen) atoms. The van der Waals surface area contributed by atoms with Crippen LogP contribution >= 0.6 is 0 Å². The van der Waals surface area contributed by atoms with Crippen LogP contribution in [-0.2, 0) is 40.5 Å². The van der Waals surface area contributed by atoms with Crippen molar-refractivity contribution in [2.45, 2.75) is 46.5 Å². The highest BCUT2D eigenvalue weighted by Gasteiger charge is 2.22. The SMILES string of the molecule is CC(=O)Nc1c(OCc2ccccc2)cc(C(=O)OCc2ccccc2)c(C)c1CCCNC(=O)OCc1ccccc1. The number of ether oxygens (including phenoxy) is 3. The predicted octanol–water partition coefficient (Wildman–Crippen LogP) is 6.75. The summed E-state index contributed by atoms with van der Waals surface area (Å²) < 4.78 is 17.1. The lowest BCUT2D eigenvalue weighted by molar-refractivity contribution is -0.114. The van der Waals surface area contributed by atoms with Gasteiger partial charge in [0.15, 0.2) is 0 Å². The zero-order chi connectivity index (χ0) is 30.4. The van der Waals surface area contributed by atoms with Gasteiger partial charge in [-0.25, -0.2) is 9.59 Å². The van der Waals surface area contributed by atoms with Crippen molar-refractivity contribution in [3.63, 3.8) is 0 Å². The van der Waals surface area contributed by atoms with Gasteiger partial charge in [0, 0.05) is 13.5 Å². The molecule has 2 amide bonds. The number of rotatable bonds is 13. The Hall–Kier alpha value is -5.11. The second kappa shape index (κ2) is 15.8. The van der Waals surface area contributed by atoms with Gasteiger partial charge in [0.05, 0.1) is 11.3 Å². The smallest absolute Gasteiger partial charge is 0.407 e. The summed E-state index contributed by atoms with van der Waals surface area (Å²) in [6, 6.07) is 30.1. The number of benzene rings is 4. The molecule has 0 saturated carbocycles. The van der Waals surface area contributed by atoms with Gasteiger partial charge in [-0.2, -0.15) is 0 Å². The Morgan fingerprint density at radius 1 is 0.721 bits per heavy atom. The molecule has 0 radical (unpaired) electrons. The molecule has 0 unspecified atom stereocenters. The molecule has 0 spiro atoms. The maximum Gasteiger partial charge on any atom is 0.407 e. The summed E-state index contributed by atoms with van der Waals surface area (Å²) in [6.45, 7) is 4.11. The number of hydrogen-bond donors (Lipinski definition) is 2. The maximum atomic E-state index is 13.3. The molecular weight excluding hydrogens is 544 g/mol. The zero-order valence-electron chi connectivity index (χ0n) is 24.4. The Morgan fingerprint density at radius 3 is 1.81 bits per heavy atom. The van der Waals surface area contributed by atoms with Crippen LogP contribution in [0.5, 0.6) is 5.75 Å². The summed E-state index contributed by atoms with van der Waals surface area (Å²) in [5.74, 6) is -0.405. The van der Waals surface area contributed by atoms with Crippen LogP contribution in [0.2, 0.25) is 0 Å². The summed E-state index contributed by atoms with van der Waals surface area (Å²) in [5.41, 5.74) is 4.93. The lowest BCUT2D eigenvalue weighted by atomic mass is 9.95. The molecule has 0 aliphatic heterocycles. The molecule has 8 heteroatoms. The van der Waals surface area contributed by atoms with Gasteiger partial charge in [0.25, 0.3) is 0 Å². The normalized spacial score (nSPS) is 10.5. The molecule has 4 rings (SSSR count). The largest absolute Gasteiger partial charge is 0.487 e. The number of anilines is 1. The minimum Gasteiger partial charge on any atom is -0.487 e. The first-order chi connectivity index (χ1) is 20.9. The molecule has 0 fully saturated rings. The highest BCUT2D eigenvalue weighted by atomic mass is 16.5. The quantitative estimate of drug-likeness (QED) is 0.134. The topological polar surface area (TPSA) is 103 Å². The van der Waals surface area contributed by atoms with Crippen molar-refractivity contribution in [2.75, 3.05) is 11.9 Å². The van der Waals surface area contributed by atoms with Crippen LogP contribution in [0.25, 0.3) is 0 Å². The van der Waals surface area contributed by atoms with E-state index in [-0.39, 0.29) is 25.7 Å². The fraction of sp³-hybridized carbons (Fsp3) is 0.229. The molecule has 0 aromatic heterocycles. The summed E-state index contributed by atoms with van der Waals surface area (Å²) in [6.07, 6.45) is 0.448. The minimum atomic E-state index is -0.521. The fourth-order valence-corrected chi connectivity index (χ4v) is 4.53. The molecule has 222 valence electrons. The number of alkyl carbamates (subject to hydrolysis) is 1.